The van der Waals surface area contributed by atoms with Gasteiger partial charge in [-0.2, -0.15) is 0 Å². The Labute approximate surface area is 98.9 Å². The molecular formula is C12H26O4. The van der Waals surface area contributed by atoms with Gasteiger partial charge in [-0.15, -0.1) is 0 Å². The van der Waals surface area contributed by atoms with Crippen LogP contribution in [0.3, 0.4) is 0 Å². The lowest BCUT2D eigenvalue weighted by Crippen LogP contribution is -2.46. The zero-order valence-electron chi connectivity index (χ0n) is 11.3. The van der Waals surface area contributed by atoms with Crippen LogP contribution in [0.5, 0.6) is 0 Å². The zero-order chi connectivity index (χ0) is 12.8. The van der Waals surface area contributed by atoms with Crippen LogP contribution < -0.4 is 0 Å². The second kappa shape index (κ2) is 7.22. The smallest absolute Gasteiger partial charge is 0.189 e. The second-order valence-electron chi connectivity index (χ2n) is 4.14. The van der Waals surface area contributed by atoms with E-state index in [2.05, 4.69) is 0 Å². The summed E-state index contributed by atoms with van der Waals surface area (Å²) in [6.45, 7) is 12.2. The van der Waals surface area contributed by atoms with Crippen LogP contribution in [0.25, 0.3) is 0 Å². The summed E-state index contributed by atoms with van der Waals surface area (Å²) >= 11 is 0. The largest absolute Gasteiger partial charge is 0.376 e. The average molecular weight is 234 g/mol. The van der Waals surface area contributed by atoms with Gasteiger partial charge in [-0.1, -0.05) is 0 Å². The van der Waals surface area contributed by atoms with E-state index in [1.807, 2.05) is 27.7 Å². The SMILES string of the molecule is CCOC(C)C(C)OC(C)(O)C(C)OCC. The molecular weight excluding hydrogens is 208 g/mol. The first-order valence-corrected chi connectivity index (χ1v) is 5.98. The zero-order valence-corrected chi connectivity index (χ0v) is 11.3. The summed E-state index contributed by atoms with van der Waals surface area (Å²) in [5.74, 6) is -1.29. The van der Waals surface area contributed by atoms with E-state index in [9.17, 15) is 5.11 Å². The minimum absolute atomic E-state index is 0.0506. The average Bonchev–Trinajstić information content (AvgIpc) is 2.17. The standard InChI is InChI=1S/C12H26O4/c1-7-14-9(3)10(4)16-12(6,13)11(5)15-8-2/h9-11,13H,7-8H2,1-6H3. The van der Waals surface area contributed by atoms with Crippen LogP contribution in [0.2, 0.25) is 0 Å². The third-order valence-corrected chi connectivity index (χ3v) is 2.69. The highest BCUT2D eigenvalue weighted by molar-refractivity contribution is 4.73. The fourth-order valence-electron chi connectivity index (χ4n) is 1.37. The molecule has 0 aromatic rings. The highest BCUT2D eigenvalue weighted by atomic mass is 16.7. The Hall–Kier alpha value is -0.160. The molecule has 98 valence electrons. The lowest BCUT2D eigenvalue weighted by Gasteiger charge is -2.34. The third kappa shape index (κ3) is 5.25. The minimum atomic E-state index is -1.29. The molecule has 4 nitrogen and oxygen atoms in total. The molecule has 0 fully saturated rings. The van der Waals surface area contributed by atoms with Gasteiger partial charge in [-0.25, -0.2) is 0 Å². The molecule has 0 aromatic carbocycles. The van der Waals surface area contributed by atoms with Crippen LogP contribution in [0.1, 0.15) is 41.5 Å². The molecule has 0 aliphatic rings. The van der Waals surface area contributed by atoms with E-state index >= 15 is 0 Å². The Balaban J connectivity index is 4.22. The molecule has 0 saturated carbocycles. The number of hydrogen-bond donors (Lipinski definition) is 1. The molecule has 4 heteroatoms. The van der Waals surface area contributed by atoms with Crippen LogP contribution in [-0.4, -0.2) is 42.4 Å². The lowest BCUT2D eigenvalue weighted by atomic mass is 10.1. The Bertz CT molecular complexity index is 182. The first kappa shape index (κ1) is 15.8. The van der Waals surface area contributed by atoms with Crippen LogP contribution in [-0.2, 0) is 14.2 Å². The van der Waals surface area contributed by atoms with Crippen LogP contribution in [0, 0.1) is 0 Å². The van der Waals surface area contributed by atoms with E-state index in [1.54, 1.807) is 13.8 Å². The van der Waals surface area contributed by atoms with Gasteiger partial charge in [0.2, 0.25) is 0 Å². The van der Waals surface area contributed by atoms with Gasteiger partial charge >= 0.3 is 0 Å². The van der Waals surface area contributed by atoms with Crippen molar-refractivity contribution in [2.45, 2.75) is 65.6 Å². The molecule has 16 heavy (non-hydrogen) atoms. The fraction of sp³-hybridized carbons (Fsp3) is 1.00. The summed E-state index contributed by atoms with van der Waals surface area (Å²) in [5, 5.41) is 10.1. The van der Waals surface area contributed by atoms with Gasteiger partial charge in [-0.05, 0) is 41.5 Å². The van der Waals surface area contributed by atoms with Crippen molar-refractivity contribution in [1.29, 1.82) is 0 Å². The predicted molar refractivity (Wildman–Crippen MR) is 63.3 cm³/mol. The first-order valence-electron chi connectivity index (χ1n) is 5.98. The number of rotatable bonds is 8. The first-order chi connectivity index (χ1) is 7.35. The number of hydrogen-bond acceptors (Lipinski definition) is 4. The van der Waals surface area contributed by atoms with Crippen molar-refractivity contribution in [3.05, 3.63) is 0 Å². The molecule has 0 spiro atoms. The Morgan fingerprint density at radius 1 is 1.00 bits per heavy atom. The van der Waals surface area contributed by atoms with Gasteiger partial charge in [-0.3, -0.25) is 0 Å². The highest BCUT2D eigenvalue weighted by Crippen LogP contribution is 2.19. The quantitative estimate of drug-likeness (QED) is 0.652. The van der Waals surface area contributed by atoms with Crippen molar-refractivity contribution in [2.24, 2.45) is 0 Å². The summed E-state index contributed by atoms with van der Waals surface area (Å²) < 4.78 is 16.3. The Morgan fingerprint density at radius 2 is 1.50 bits per heavy atom. The summed E-state index contributed by atoms with van der Waals surface area (Å²) in [5.41, 5.74) is 0. The van der Waals surface area contributed by atoms with Crippen molar-refractivity contribution >= 4 is 0 Å². The van der Waals surface area contributed by atoms with Gasteiger partial charge in [0, 0.05) is 13.2 Å². The normalized spacial score (nSPS) is 21.2. The van der Waals surface area contributed by atoms with Crippen LogP contribution in [0.4, 0.5) is 0 Å². The second-order valence-corrected chi connectivity index (χ2v) is 4.14. The Kier molecular flexibility index (Phi) is 7.15. The molecule has 0 bridgehead atoms. The van der Waals surface area contributed by atoms with Gasteiger partial charge in [0.25, 0.3) is 0 Å². The molecule has 0 amide bonds. The van der Waals surface area contributed by atoms with Crippen molar-refractivity contribution in [3.8, 4) is 0 Å². The van der Waals surface area contributed by atoms with Gasteiger partial charge < -0.3 is 19.3 Å². The Morgan fingerprint density at radius 3 is 1.94 bits per heavy atom. The maximum Gasteiger partial charge on any atom is 0.189 e. The van der Waals surface area contributed by atoms with E-state index in [0.717, 1.165) is 0 Å². The van der Waals surface area contributed by atoms with Crippen molar-refractivity contribution in [2.75, 3.05) is 13.2 Å². The van der Waals surface area contributed by atoms with E-state index in [4.69, 9.17) is 14.2 Å². The topological polar surface area (TPSA) is 47.9 Å². The monoisotopic (exact) mass is 234 g/mol. The van der Waals surface area contributed by atoms with Crippen molar-refractivity contribution in [1.82, 2.24) is 0 Å². The molecule has 0 radical (unpaired) electrons. The molecule has 4 atom stereocenters. The summed E-state index contributed by atoms with van der Waals surface area (Å²) in [4.78, 5) is 0. The van der Waals surface area contributed by atoms with Crippen LogP contribution in [0.15, 0.2) is 0 Å². The molecule has 0 saturated heterocycles. The minimum Gasteiger partial charge on any atom is -0.376 e. The lowest BCUT2D eigenvalue weighted by molar-refractivity contribution is -0.280. The van der Waals surface area contributed by atoms with E-state index in [0.29, 0.717) is 13.2 Å². The fourth-order valence-corrected chi connectivity index (χ4v) is 1.37. The van der Waals surface area contributed by atoms with E-state index in [1.165, 1.54) is 0 Å². The molecule has 0 rings (SSSR count). The maximum absolute atomic E-state index is 10.1. The molecule has 0 aromatic heterocycles. The van der Waals surface area contributed by atoms with Crippen LogP contribution >= 0.6 is 0 Å². The third-order valence-electron chi connectivity index (χ3n) is 2.69. The van der Waals surface area contributed by atoms with Gasteiger partial charge in [0.1, 0.15) is 6.10 Å². The van der Waals surface area contributed by atoms with Gasteiger partial charge in [0.15, 0.2) is 5.79 Å². The summed E-state index contributed by atoms with van der Waals surface area (Å²) in [6.07, 6.45) is -0.600. The van der Waals surface area contributed by atoms with Crippen molar-refractivity contribution < 1.29 is 19.3 Å². The molecule has 0 aliphatic carbocycles. The maximum atomic E-state index is 10.1. The highest BCUT2D eigenvalue weighted by Gasteiger charge is 2.33. The van der Waals surface area contributed by atoms with E-state index in [-0.39, 0.29) is 18.3 Å². The molecule has 0 heterocycles. The van der Waals surface area contributed by atoms with E-state index < -0.39 is 5.79 Å². The summed E-state index contributed by atoms with van der Waals surface area (Å²) in [7, 11) is 0. The van der Waals surface area contributed by atoms with Crippen molar-refractivity contribution in [3.63, 3.8) is 0 Å². The molecule has 4 unspecified atom stereocenters. The number of ether oxygens (including phenoxy) is 3. The molecule has 0 aliphatic heterocycles. The number of aliphatic hydroxyl groups is 1. The van der Waals surface area contributed by atoms with Gasteiger partial charge in [0.05, 0.1) is 12.2 Å². The predicted octanol–water partition coefficient (Wildman–Crippen LogP) is 1.95. The molecule has 1 N–H and O–H groups in total. The summed E-state index contributed by atoms with van der Waals surface area (Å²) in [6, 6.07) is 0.